The molecule has 0 atom stereocenters. The van der Waals surface area contributed by atoms with Gasteiger partial charge < -0.3 is 5.11 Å². The second-order valence-electron chi connectivity index (χ2n) is 13.1. The molecule has 1 N–H and O–H groups in total. The number of carbonyl (C=O) groups excluding carboxylic acids is 1. The number of halogens is 3. The van der Waals surface area contributed by atoms with Crippen LogP contribution in [-0.4, -0.2) is 22.1 Å². The van der Waals surface area contributed by atoms with E-state index < -0.39 is 11.6 Å². The molecule has 0 unspecified atom stereocenters. The van der Waals surface area contributed by atoms with Gasteiger partial charge in [0.1, 0.15) is 0 Å². The third-order valence-electron chi connectivity index (χ3n) is 8.97. The molecule has 2 aromatic carbocycles. The van der Waals surface area contributed by atoms with E-state index in [0.29, 0.717) is 16.8 Å². The molecule has 1 heterocycles. The van der Waals surface area contributed by atoms with Gasteiger partial charge in [0.2, 0.25) is 0 Å². The number of carbonyl (C=O) groups is 1. The number of hydrogen-bond donors (Lipinski definition) is 1. The SMILES string of the molecule is Cc1[c-]c(-c2ccc3c(CC(C)(C)C(F)(F)F)cccc3n2)cc(C)c1.O=C(/C=C(\O)C1CCCCC1)C1CCCCC1.[Ir]. The molecule has 0 amide bonds. The smallest absolute Gasteiger partial charge is 0.394 e. The molecule has 7 heteroatoms. The number of aliphatic hydroxyl groups excluding tert-OH is 1. The quantitative estimate of drug-likeness (QED) is 0.154. The summed E-state index contributed by atoms with van der Waals surface area (Å²) >= 11 is 0. The van der Waals surface area contributed by atoms with Gasteiger partial charge in [-0.3, -0.25) is 9.78 Å². The molecule has 0 aliphatic heterocycles. The van der Waals surface area contributed by atoms with Crippen LogP contribution in [0.5, 0.6) is 0 Å². The van der Waals surface area contributed by atoms with Crippen LogP contribution < -0.4 is 0 Å². The molecule has 1 aromatic heterocycles. The van der Waals surface area contributed by atoms with E-state index in [0.717, 1.165) is 53.5 Å². The van der Waals surface area contributed by atoms with E-state index >= 15 is 0 Å². The fraction of sp³-hybridized carbons (Fsp3) is 0.514. The van der Waals surface area contributed by atoms with Crippen molar-refractivity contribution in [3.8, 4) is 11.3 Å². The fourth-order valence-electron chi connectivity index (χ4n) is 6.30. The van der Waals surface area contributed by atoms with Crippen molar-refractivity contribution in [3.63, 3.8) is 0 Å². The van der Waals surface area contributed by atoms with E-state index in [1.165, 1.54) is 52.4 Å². The van der Waals surface area contributed by atoms with Crippen molar-refractivity contribution in [3.05, 3.63) is 77.1 Å². The van der Waals surface area contributed by atoms with Crippen LogP contribution in [0.25, 0.3) is 22.2 Å². The zero-order valence-electron chi connectivity index (χ0n) is 26.3. The van der Waals surface area contributed by atoms with Gasteiger partial charge in [-0.25, -0.2) is 0 Å². The number of alkyl halides is 3. The Morgan fingerprint density at radius 2 is 1.55 bits per heavy atom. The van der Waals surface area contributed by atoms with Crippen LogP contribution in [-0.2, 0) is 31.3 Å². The Morgan fingerprint density at radius 1 is 0.932 bits per heavy atom. The van der Waals surface area contributed by atoms with Crippen molar-refractivity contribution >= 4 is 16.7 Å². The van der Waals surface area contributed by atoms with Gasteiger partial charge >= 0.3 is 6.18 Å². The van der Waals surface area contributed by atoms with E-state index in [4.69, 9.17) is 0 Å². The molecule has 0 bridgehead atoms. The molecule has 2 aliphatic rings. The Morgan fingerprint density at radius 3 is 2.14 bits per heavy atom. The number of aromatic nitrogens is 1. The van der Waals surface area contributed by atoms with Crippen molar-refractivity contribution in [2.75, 3.05) is 0 Å². The van der Waals surface area contributed by atoms with Gasteiger partial charge in [0.25, 0.3) is 0 Å². The number of ketones is 1. The summed E-state index contributed by atoms with van der Waals surface area (Å²) in [5.41, 5.74) is 3.39. The van der Waals surface area contributed by atoms with Gasteiger partial charge in [0.05, 0.1) is 16.7 Å². The second-order valence-corrected chi connectivity index (χ2v) is 13.1. The largest absolute Gasteiger partial charge is 0.512 e. The number of rotatable bonds is 6. The molecule has 1 radical (unpaired) electrons. The van der Waals surface area contributed by atoms with Crippen molar-refractivity contribution in [1.29, 1.82) is 0 Å². The van der Waals surface area contributed by atoms with Crippen LogP contribution in [0.15, 0.2) is 54.3 Å². The maximum atomic E-state index is 13.3. The van der Waals surface area contributed by atoms with Crippen LogP contribution in [0.1, 0.15) is 94.7 Å². The molecular formula is C37H45F3IrNO2-. The molecule has 0 spiro atoms. The summed E-state index contributed by atoms with van der Waals surface area (Å²) in [4.78, 5) is 16.7. The minimum Gasteiger partial charge on any atom is -0.512 e. The first-order valence-corrected chi connectivity index (χ1v) is 15.7. The van der Waals surface area contributed by atoms with E-state index in [9.17, 15) is 23.1 Å². The minimum absolute atomic E-state index is 0. The van der Waals surface area contributed by atoms with E-state index in [1.54, 1.807) is 18.2 Å². The molecular weight excluding hydrogens is 740 g/mol. The maximum Gasteiger partial charge on any atom is 0.394 e. The Balaban J connectivity index is 0.000000256. The molecule has 2 aliphatic carbocycles. The van der Waals surface area contributed by atoms with Crippen molar-refractivity contribution < 1.29 is 43.2 Å². The minimum atomic E-state index is -4.25. The molecule has 2 fully saturated rings. The molecule has 2 saturated carbocycles. The first-order valence-electron chi connectivity index (χ1n) is 15.7. The fourth-order valence-corrected chi connectivity index (χ4v) is 6.30. The first-order chi connectivity index (χ1) is 20.3. The van der Waals surface area contributed by atoms with Crippen LogP contribution in [0.3, 0.4) is 0 Å². The van der Waals surface area contributed by atoms with Crippen LogP contribution in [0, 0.1) is 37.2 Å². The number of nitrogens with zero attached hydrogens (tertiary/aromatic N) is 1. The molecule has 3 nitrogen and oxygen atoms in total. The summed E-state index contributed by atoms with van der Waals surface area (Å²) in [6, 6.07) is 16.4. The third-order valence-corrected chi connectivity index (χ3v) is 8.97. The van der Waals surface area contributed by atoms with Gasteiger partial charge in [-0.05, 0) is 49.4 Å². The average molecular weight is 785 g/mol. The van der Waals surface area contributed by atoms with Gasteiger partial charge in [-0.15, -0.1) is 34.9 Å². The first kappa shape index (κ1) is 36.0. The zero-order chi connectivity index (χ0) is 31.2. The summed E-state index contributed by atoms with van der Waals surface area (Å²) in [5, 5.41) is 10.8. The van der Waals surface area contributed by atoms with Crippen LogP contribution in [0.4, 0.5) is 13.2 Å². The standard InChI is InChI=1S/C22H21F3N.C15H24O2.Ir/c1-14-10-15(2)12-17(11-14)19-9-8-18-16(6-5-7-20(18)26-19)13-21(3,4)22(23,24)25;16-14(12-7-3-1-4-8-12)11-15(17)13-9-5-2-6-10-13;/h5-11H,13H2,1-4H3;11-13,16H,1-10H2;/q-1;;/b;14-11-;. The van der Waals surface area contributed by atoms with Gasteiger partial charge in [-0.2, -0.15) is 13.2 Å². The summed E-state index contributed by atoms with van der Waals surface area (Å²) in [6.07, 6.45) is 8.65. The Labute approximate surface area is 274 Å². The number of benzene rings is 2. The normalized spacial score (nSPS) is 17.0. The molecule has 44 heavy (non-hydrogen) atoms. The summed E-state index contributed by atoms with van der Waals surface area (Å²) in [5.74, 6) is 0.985. The predicted octanol–water partition coefficient (Wildman–Crippen LogP) is 10.6. The Kier molecular flexibility index (Phi) is 12.8. The molecule has 5 rings (SSSR count). The third kappa shape index (κ3) is 9.50. The Hall–Kier alpha value is -2.50. The average Bonchev–Trinajstić information content (AvgIpc) is 2.97. The van der Waals surface area contributed by atoms with Gasteiger partial charge in [0.15, 0.2) is 5.78 Å². The van der Waals surface area contributed by atoms with E-state index in [-0.39, 0.29) is 44.1 Å². The van der Waals surface area contributed by atoms with Crippen LogP contribution in [0.2, 0.25) is 0 Å². The second kappa shape index (κ2) is 15.7. The zero-order valence-corrected chi connectivity index (χ0v) is 28.7. The number of allylic oxidation sites excluding steroid dienone is 2. The van der Waals surface area contributed by atoms with Crippen molar-refractivity contribution in [1.82, 2.24) is 4.98 Å². The van der Waals surface area contributed by atoms with E-state index in [1.807, 2.05) is 44.2 Å². The van der Waals surface area contributed by atoms with Gasteiger partial charge in [-0.1, -0.05) is 90.5 Å². The van der Waals surface area contributed by atoms with Gasteiger partial charge in [0, 0.05) is 43.4 Å². The van der Waals surface area contributed by atoms with Crippen molar-refractivity contribution in [2.24, 2.45) is 17.3 Å². The number of fused-ring (bicyclic) bond motifs is 1. The molecule has 3 aromatic rings. The van der Waals surface area contributed by atoms with Crippen LogP contribution >= 0.6 is 0 Å². The Bertz CT molecular complexity index is 1410. The number of aliphatic hydroxyl groups is 1. The van der Waals surface area contributed by atoms with Crippen molar-refractivity contribution in [2.45, 2.75) is 105 Å². The number of aryl methyl sites for hydroxylation is 2. The van der Waals surface area contributed by atoms with E-state index in [2.05, 4.69) is 11.1 Å². The summed E-state index contributed by atoms with van der Waals surface area (Å²) < 4.78 is 39.8. The predicted molar refractivity (Wildman–Crippen MR) is 168 cm³/mol. The maximum absolute atomic E-state index is 13.3. The molecule has 0 saturated heterocycles. The summed E-state index contributed by atoms with van der Waals surface area (Å²) in [6.45, 7) is 6.47. The number of hydrogen-bond acceptors (Lipinski definition) is 3. The molecule has 241 valence electrons. The monoisotopic (exact) mass is 785 g/mol. The summed E-state index contributed by atoms with van der Waals surface area (Å²) in [7, 11) is 0. The number of pyridine rings is 1. The topological polar surface area (TPSA) is 50.2 Å².